The summed E-state index contributed by atoms with van der Waals surface area (Å²) in [4.78, 5) is 0.420. The molecule has 1 heterocycles. The second-order valence-electron chi connectivity index (χ2n) is 3.30. The zero-order valence-corrected chi connectivity index (χ0v) is 14.6. The van der Waals surface area contributed by atoms with Crippen LogP contribution in [-0.2, 0) is 10.1 Å². The predicted octanol–water partition coefficient (Wildman–Crippen LogP) is -0.332. The van der Waals surface area contributed by atoms with E-state index in [-0.39, 0.29) is 35.2 Å². The summed E-state index contributed by atoms with van der Waals surface area (Å²) in [5.41, 5.74) is 6.27. The van der Waals surface area contributed by atoms with Crippen LogP contribution in [0, 0.1) is 0 Å². The van der Waals surface area contributed by atoms with Gasteiger partial charge in [-0.05, 0) is 23.6 Å². The number of nitrogen functional groups attached to an aromatic ring is 1. The summed E-state index contributed by atoms with van der Waals surface area (Å²) in [6, 6.07) is 6.54. The quantitative estimate of drug-likeness (QED) is 0.454. The second kappa shape index (κ2) is 6.04. The molecule has 0 spiro atoms. The van der Waals surface area contributed by atoms with E-state index in [2.05, 4.69) is 15.9 Å². The van der Waals surface area contributed by atoms with Crippen LogP contribution in [0.3, 0.4) is 0 Å². The number of rotatable bonds is 2. The van der Waals surface area contributed by atoms with Gasteiger partial charge in [0, 0.05) is 14.9 Å². The molecule has 1 aromatic carbocycles. The van der Waals surface area contributed by atoms with Gasteiger partial charge in [0.2, 0.25) is 0 Å². The number of hydrogen-bond donors (Lipinski definition) is 1. The first-order valence-corrected chi connectivity index (χ1v) is 7.56. The Hall–Kier alpha value is 0.110. The summed E-state index contributed by atoms with van der Waals surface area (Å²) in [5, 5.41) is 1.85. The van der Waals surface area contributed by atoms with Crippen molar-refractivity contribution in [3.63, 3.8) is 0 Å². The van der Waals surface area contributed by atoms with Gasteiger partial charge in [0.05, 0.1) is 10.6 Å². The topological polar surface area (TPSA) is 83.2 Å². The molecule has 0 unspecified atom stereocenters. The molecular formula is C10H7BrNNaO3S2. The Morgan fingerprint density at radius 1 is 1.33 bits per heavy atom. The molecule has 1 aromatic heterocycles. The van der Waals surface area contributed by atoms with Crippen LogP contribution in [0.4, 0.5) is 5.69 Å². The molecule has 0 amide bonds. The maximum Gasteiger partial charge on any atom is 1.00 e. The van der Waals surface area contributed by atoms with Gasteiger partial charge in [-0.1, -0.05) is 22.0 Å². The number of hydrogen-bond acceptors (Lipinski definition) is 5. The van der Waals surface area contributed by atoms with Gasteiger partial charge in [0.25, 0.3) is 0 Å². The summed E-state index contributed by atoms with van der Waals surface area (Å²) in [6.07, 6.45) is 0. The van der Waals surface area contributed by atoms with E-state index >= 15 is 0 Å². The van der Waals surface area contributed by atoms with Crippen LogP contribution in [0.5, 0.6) is 0 Å². The fourth-order valence-corrected chi connectivity index (χ4v) is 3.45. The fraction of sp³-hybridized carbons (Fsp3) is 0. The maximum absolute atomic E-state index is 11.1. The summed E-state index contributed by atoms with van der Waals surface area (Å²) in [5.74, 6) is 0. The first-order valence-electron chi connectivity index (χ1n) is 4.48. The smallest absolute Gasteiger partial charge is 0.744 e. The number of nitrogens with two attached hydrogens (primary N) is 1. The third kappa shape index (κ3) is 3.36. The third-order valence-electron chi connectivity index (χ3n) is 2.16. The summed E-state index contributed by atoms with van der Waals surface area (Å²) >= 11 is 4.59. The van der Waals surface area contributed by atoms with E-state index in [9.17, 15) is 13.0 Å². The molecule has 2 rings (SSSR count). The molecule has 0 saturated heterocycles. The van der Waals surface area contributed by atoms with Crippen LogP contribution in [-0.4, -0.2) is 13.0 Å². The first kappa shape index (κ1) is 16.2. The minimum atomic E-state index is -4.57. The average molecular weight is 356 g/mol. The number of benzene rings is 1. The molecule has 0 aliphatic heterocycles. The standard InChI is InChI=1S/C10H8BrNO3S2.Na/c11-6-4-7(8-2-1-3-16-8)10(12)9(5-6)17(13,14)15;/h1-5H,12H2,(H,13,14,15);/q;+1/p-1. The molecule has 0 fully saturated rings. The Morgan fingerprint density at radius 2 is 2.00 bits per heavy atom. The minimum Gasteiger partial charge on any atom is -0.744 e. The molecule has 4 nitrogen and oxygen atoms in total. The van der Waals surface area contributed by atoms with Crippen molar-refractivity contribution in [2.24, 2.45) is 0 Å². The molecule has 90 valence electrons. The Bertz CT molecular complexity index is 656. The zero-order chi connectivity index (χ0) is 12.6. The van der Waals surface area contributed by atoms with Crippen LogP contribution in [0.25, 0.3) is 10.4 Å². The van der Waals surface area contributed by atoms with E-state index in [1.54, 1.807) is 6.07 Å². The van der Waals surface area contributed by atoms with Crippen LogP contribution in [0.1, 0.15) is 0 Å². The normalized spacial score (nSPS) is 11.0. The van der Waals surface area contributed by atoms with Gasteiger partial charge in [0.1, 0.15) is 10.1 Å². The van der Waals surface area contributed by atoms with E-state index in [1.165, 1.54) is 17.4 Å². The van der Waals surface area contributed by atoms with E-state index < -0.39 is 15.0 Å². The zero-order valence-electron chi connectivity index (χ0n) is 9.38. The molecule has 0 radical (unpaired) electrons. The van der Waals surface area contributed by atoms with Crippen LogP contribution < -0.4 is 35.3 Å². The predicted molar refractivity (Wildman–Crippen MR) is 69.8 cm³/mol. The minimum absolute atomic E-state index is 0. The van der Waals surface area contributed by atoms with Gasteiger partial charge < -0.3 is 10.3 Å². The van der Waals surface area contributed by atoms with Gasteiger partial charge in [-0.3, -0.25) is 0 Å². The third-order valence-corrected chi connectivity index (χ3v) is 4.40. The first-order chi connectivity index (χ1) is 7.89. The van der Waals surface area contributed by atoms with Crippen LogP contribution >= 0.6 is 27.3 Å². The van der Waals surface area contributed by atoms with E-state index in [0.29, 0.717) is 10.0 Å². The molecule has 0 aliphatic rings. The van der Waals surface area contributed by atoms with Gasteiger partial charge in [0.15, 0.2) is 0 Å². The van der Waals surface area contributed by atoms with Crippen molar-refractivity contribution in [1.82, 2.24) is 0 Å². The molecule has 0 saturated carbocycles. The van der Waals surface area contributed by atoms with Crippen molar-refractivity contribution < 1.29 is 42.5 Å². The summed E-state index contributed by atoms with van der Waals surface area (Å²) < 4.78 is 33.7. The monoisotopic (exact) mass is 355 g/mol. The van der Waals surface area contributed by atoms with E-state index in [1.807, 2.05) is 17.5 Å². The Balaban J connectivity index is 0.00000162. The number of halogens is 1. The van der Waals surface area contributed by atoms with Gasteiger partial charge in [-0.15, -0.1) is 11.3 Å². The molecule has 2 aromatic rings. The maximum atomic E-state index is 11.1. The molecular weight excluding hydrogens is 349 g/mol. The van der Waals surface area contributed by atoms with Crippen LogP contribution in [0.2, 0.25) is 0 Å². The van der Waals surface area contributed by atoms with Gasteiger partial charge >= 0.3 is 29.6 Å². The second-order valence-corrected chi connectivity index (χ2v) is 6.51. The van der Waals surface area contributed by atoms with Crippen molar-refractivity contribution in [2.75, 3.05) is 5.73 Å². The molecule has 0 bridgehead atoms. The van der Waals surface area contributed by atoms with Gasteiger partial charge in [-0.2, -0.15) is 0 Å². The average Bonchev–Trinajstić information content (AvgIpc) is 2.72. The van der Waals surface area contributed by atoms with Crippen LogP contribution in [0.15, 0.2) is 39.0 Å². The molecule has 18 heavy (non-hydrogen) atoms. The largest absolute Gasteiger partial charge is 1.00 e. The molecule has 0 aliphatic carbocycles. The van der Waals surface area contributed by atoms with Crippen molar-refractivity contribution in [3.05, 3.63) is 34.1 Å². The Kier molecular flexibility index (Phi) is 5.43. The molecule has 2 N–H and O–H groups in total. The Morgan fingerprint density at radius 3 is 2.50 bits per heavy atom. The van der Waals surface area contributed by atoms with Gasteiger partial charge in [-0.25, -0.2) is 8.42 Å². The fourth-order valence-electron chi connectivity index (χ4n) is 1.44. The Labute approximate surface area is 139 Å². The SMILES string of the molecule is Nc1c(-c2cccs2)cc(Br)cc1S(=O)(=O)[O-].[Na+]. The van der Waals surface area contributed by atoms with Crippen molar-refractivity contribution in [2.45, 2.75) is 4.90 Å². The van der Waals surface area contributed by atoms with Crippen molar-refractivity contribution >= 4 is 43.1 Å². The number of thiophene rings is 1. The van der Waals surface area contributed by atoms with Crippen molar-refractivity contribution in [3.8, 4) is 10.4 Å². The summed E-state index contributed by atoms with van der Waals surface area (Å²) in [7, 11) is -4.57. The molecule has 0 atom stereocenters. The summed E-state index contributed by atoms with van der Waals surface area (Å²) in [6.45, 7) is 0. The van der Waals surface area contributed by atoms with Crippen molar-refractivity contribution in [1.29, 1.82) is 0 Å². The molecule has 8 heteroatoms. The van der Waals surface area contributed by atoms with E-state index in [0.717, 1.165) is 4.88 Å². The number of anilines is 1. The van der Waals surface area contributed by atoms with E-state index in [4.69, 9.17) is 5.73 Å².